The molecule has 2 rings (SSSR count). The van der Waals surface area contributed by atoms with E-state index in [-0.39, 0.29) is 11.6 Å². The molecule has 0 aromatic carbocycles. The number of nitrogens with zero attached hydrogens (tertiary/aromatic N) is 1. The van der Waals surface area contributed by atoms with Gasteiger partial charge in [0, 0.05) is 23.7 Å². The number of hydrogen-bond donors (Lipinski definition) is 2. The van der Waals surface area contributed by atoms with Crippen molar-refractivity contribution in [3.8, 4) is 0 Å². The maximum absolute atomic E-state index is 6.67. The second kappa shape index (κ2) is 12.7. The predicted octanol–water partition coefficient (Wildman–Crippen LogP) is 6.24. The van der Waals surface area contributed by atoms with Crippen LogP contribution in [-0.4, -0.2) is 35.1 Å². The van der Waals surface area contributed by atoms with Crippen LogP contribution >= 0.6 is 0 Å². The lowest BCUT2D eigenvalue weighted by Crippen LogP contribution is -2.67. The SMILES string of the molecule is CCCCCCCCCCCCCCN1C2C(N)CC(N)CC2C(C)CC1(C)C. The van der Waals surface area contributed by atoms with E-state index in [0.717, 1.165) is 12.3 Å². The Morgan fingerprint density at radius 3 is 1.86 bits per heavy atom. The Labute approximate surface area is 182 Å². The van der Waals surface area contributed by atoms with Gasteiger partial charge in [0.15, 0.2) is 0 Å². The molecular weight excluding hydrogens is 354 g/mol. The topological polar surface area (TPSA) is 55.3 Å². The first kappa shape index (κ1) is 25.1. The molecule has 0 amide bonds. The van der Waals surface area contributed by atoms with Gasteiger partial charge in [0.1, 0.15) is 0 Å². The molecule has 3 heteroatoms. The average molecular weight is 408 g/mol. The van der Waals surface area contributed by atoms with Crippen molar-refractivity contribution in [3.05, 3.63) is 0 Å². The second-order valence-electron chi connectivity index (χ2n) is 11.1. The van der Waals surface area contributed by atoms with Crippen molar-refractivity contribution in [2.24, 2.45) is 23.3 Å². The Kier molecular flexibility index (Phi) is 11.0. The van der Waals surface area contributed by atoms with Gasteiger partial charge in [-0.2, -0.15) is 0 Å². The average Bonchev–Trinajstić information content (AvgIpc) is 2.64. The summed E-state index contributed by atoms with van der Waals surface area (Å²) in [7, 11) is 0. The van der Waals surface area contributed by atoms with E-state index < -0.39 is 0 Å². The molecule has 1 saturated carbocycles. The van der Waals surface area contributed by atoms with Crippen LogP contribution in [0.3, 0.4) is 0 Å². The van der Waals surface area contributed by atoms with E-state index in [1.807, 2.05) is 0 Å². The van der Waals surface area contributed by atoms with Gasteiger partial charge >= 0.3 is 0 Å². The molecule has 1 heterocycles. The lowest BCUT2D eigenvalue weighted by atomic mass is 9.65. The van der Waals surface area contributed by atoms with Gasteiger partial charge in [-0.3, -0.25) is 4.90 Å². The molecule has 0 spiro atoms. The van der Waals surface area contributed by atoms with Gasteiger partial charge in [-0.05, 0) is 57.9 Å². The van der Waals surface area contributed by atoms with Crippen LogP contribution in [0.15, 0.2) is 0 Å². The summed E-state index contributed by atoms with van der Waals surface area (Å²) in [5, 5.41) is 0. The Hall–Kier alpha value is -0.120. The molecule has 5 atom stereocenters. The highest BCUT2D eigenvalue weighted by Crippen LogP contribution is 2.44. The van der Waals surface area contributed by atoms with E-state index in [0.29, 0.717) is 18.0 Å². The number of unbranched alkanes of at least 4 members (excludes halogenated alkanes) is 11. The third-order valence-electron chi connectivity index (χ3n) is 7.97. The predicted molar refractivity (Wildman–Crippen MR) is 128 cm³/mol. The summed E-state index contributed by atoms with van der Waals surface area (Å²) in [6, 6.07) is 1.10. The van der Waals surface area contributed by atoms with E-state index in [1.165, 1.54) is 96.4 Å². The summed E-state index contributed by atoms with van der Waals surface area (Å²) < 4.78 is 0. The highest BCUT2D eigenvalue weighted by atomic mass is 15.3. The first-order valence-electron chi connectivity index (χ1n) is 13.1. The minimum absolute atomic E-state index is 0.253. The van der Waals surface area contributed by atoms with Crippen LogP contribution in [0, 0.1) is 11.8 Å². The molecule has 2 aliphatic rings. The van der Waals surface area contributed by atoms with Gasteiger partial charge in [0.05, 0.1) is 0 Å². The molecule has 0 bridgehead atoms. The molecule has 3 nitrogen and oxygen atoms in total. The molecule has 0 aromatic rings. The summed E-state index contributed by atoms with van der Waals surface area (Å²) in [6.45, 7) is 10.8. The molecule has 4 N–H and O–H groups in total. The normalized spacial score (nSPS) is 32.3. The van der Waals surface area contributed by atoms with Gasteiger partial charge in [0.2, 0.25) is 0 Å². The van der Waals surface area contributed by atoms with Crippen LogP contribution in [0.4, 0.5) is 0 Å². The quantitative estimate of drug-likeness (QED) is 0.355. The standard InChI is InChI=1S/C26H53N3/c1-5-6-7-8-9-10-11-12-13-14-15-16-17-29-25-23(18-22(27)19-24(25)28)21(2)20-26(29,3)4/h21-25H,5-20,27-28H2,1-4H3. The summed E-state index contributed by atoms with van der Waals surface area (Å²) in [4.78, 5) is 2.80. The maximum Gasteiger partial charge on any atom is 0.0284 e. The molecule has 5 unspecified atom stereocenters. The Morgan fingerprint density at radius 2 is 1.31 bits per heavy atom. The van der Waals surface area contributed by atoms with E-state index >= 15 is 0 Å². The molecule has 1 aliphatic carbocycles. The summed E-state index contributed by atoms with van der Waals surface area (Å²) in [5.41, 5.74) is 13.3. The van der Waals surface area contributed by atoms with E-state index in [1.54, 1.807) is 0 Å². The zero-order valence-corrected chi connectivity index (χ0v) is 20.3. The second-order valence-corrected chi connectivity index (χ2v) is 11.1. The van der Waals surface area contributed by atoms with Crippen LogP contribution < -0.4 is 11.5 Å². The van der Waals surface area contributed by atoms with Gasteiger partial charge in [0.25, 0.3) is 0 Å². The zero-order chi connectivity index (χ0) is 21.3. The minimum atomic E-state index is 0.253. The molecule has 1 saturated heterocycles. The van der Waals surface area contributed by atoms with Crippen LogP contribution in [0.5, 0.6) is 0 Å². The maximum atomic E-state index is 6.67. The minimum Gasteiger partial charge on any atom is -0.328 e. The van der Waals surface area contributed by atoms with E-state index in [2.05, 4.69) is 32.6 Å². The van der Waals surface area contributed by atoms with Crippen molar-refractivity contribution in [2.45, 2.75) is 148 Å². The third-order valence-corrected chi connectivity index (χ3v) is 7.97. The van der Waals surface area contributed by atoms with Crippen molar-refractivity contribution in [3.63, 3.8) is 0 Å². The van der Waals surface area contributed by atoms with Gasteiger partial charge in [-0.15, -0.1) is 0 Å². The van der Waals surface area contributed by atoms with Crippen LogP contribution in [0.25, 0.3) is 0 Å². The lowest BCUT2D eigenvalue weighted by molar-refractivity contribution is -0.0701. The summed E-state index contributed by atoms with van der Waals surface area (Å²) >= 11 is 0. The van der Waals surface area contributed by atoms with Gasteiger partial charge < -0.3 is 11.5 Å². The van der Waals surface area contributed by atoms with Crippen LogP contribution in [0.2, 0.25) is 0 Å². The van der Waals surface area contributed by atoms with E-state index in [4.69, 9.17) is 11.5 Å². The van der Waals surface area contributed by atoms with Gasteiger partial charge in [-0.1, -0.05) is 84.5 Å². The zero-order valence-electron chi connectivity index (χ0n) is 20.3. The molecule has 172 valence electrons. The van der Waals surface area contributed by atoms with Crippen molar-refractivity contribution in [1.82, 2.24) is 4.90 Å². The summed E-state index contributed by atoms with van der Waals surface area (Å²) in [6.07, 6.45) is 20.5. The molecule has 0 aromatic heterocycles. The molecule has 2 fully saturated rings. The first-order chi connectivity index (χ1) is 13.9. The van der Waals surface area contributed by atoms with Crippen molar-refractivity contribution in [1.29, 1.82) is 0 Å². The highest BCUT2D eigenvalue weighted by molar-refractivity contribution is 5.05. The molecule has 0 radical (unpaired) electrons. The Balaban J connectivity index is 1.64. The van der Waals surface area contributed by atoms with E-state index in [9.17, 15) is 0 Å². The highest BCUT2D eigenvalue weighted by Gasteiger charge is 2.49. The number of likely N-dealkylation sites (tertiary alicyclic amines) is 1. The fraction of sp³-hybridized carbons (Fsp3) is 1.00. The Morgan fingerprint density at radius 1 is 0.793 bits per heavy atom. The van der Waals surface area contributed by atoms with Crippen molar-refractivity contribution in [2.75, 3.05) is 6.54 Å². The summed E-state index contributed by atoms with van der Waals surface area (Å²) in [5.74, 6) is 1.43. The number of piperidine rings is 1. The monoisotopic (exact) mass is 407 g/mol. The van der Waals surface area contributed by atoms with Gasteiger partial charge in [-0.25, -0.2) is 0 Å². The first-order valence-corrected chi connectivity index (χ1v) is 13.1. The fourth-order valence-electron chi connectivity index (χ4n) is 6.46. The third kappa shape index (κ3) is 7.82. The Bertz CT molecular complexity index is 436. The smallest absolute Gasteiger partial charge is 0.0284 e. The van der Waals surface area contributed by atoms with Crippen LogP contribution in [-0.2, 0) is 0 Å². The van der Waals surface area contributed by atoms with Crippen molar-refractivity contribution < 1.29 is 0 Å². The number of hydrogen-bond acceptors (Lipinski definition) is 3. The van der Waals surface area contributed by atoms with Crippen molar-refractivity contribution >= 4 is 0 Å². The molecule has 29 heavy (non-hydrogen) atoms. The number of rotatable bonds is 13. The number of nitrogens with two attached hydrogens (primary N) is 2. The fourth-order valence-corrected chi connectivity index (χ4v) is 6.46. The lowest BCUT2D eigenvalue weighted by Gasteiger charge is -2.58. The molecule has 1 aliphatic heterocycles. The number of fused-ring (bicyclic) bond motifs is 1. The molecular formula is C26H53N3. The largest absolute Gasteiger partial charge is 0.328 e. The van der Waals surface area contributed by atoms with Crippen LogP contribution in [0.1, 0.15) is 124 Å².